The normalized spacial score (nSPS) is 13.7. The maximum Gasteiger partial charge on any atom is 0.0463 e. The Balaban J connectivity index is 0.878. The summed E-state index contributed by atoms with van der Waals surface area (Å²) in [7, 11) is 0. The van der Waals surface area contributed by atoms with Crippen molar-refractivity contribution in [3.63, 3.8) is 0 Å². The molecule has 11 aromatic carbocycles. The number of nitrogens with zero attached hydrogens (tertiary/aromatic N) is 2. The van der Waals surface area contributed by atoms with Crippen molar-refractivity contribution in [1.82, 2.24) is 0 Å². The molecule has 0 aromatic heterocycles. The summed E-state index contributed by atoms with van der Waals surface area (Å²) < 4.78 is 0. The molecule has 0 aliphatic heterocycles. The minimum atomic E-state index is -0.161. The molecule has 2 nitrogen and oxygen atoms in total. The monoisotopic (exact) mass is 1030 g/mol. The summed E-state index contributed by atoms with van der Waals surface area (Å²) in [5.74, 6) is 0. The number of fused-ring (bicyclic) bond motifs is 6. The number of hydrogen-bond acceptors (Lipinski definition) is 2. The number of hydrogen-bond donors (Lipinski definition) is 0. The molecule has 0 heterocycles. The molecule has 0 amide bonds. The Morgan fingerprint density at radius 3 is 0.825 bits per heavy atom. The third kappa shape index (κ3) is 8.57. The average Bonchev–Trinajstić information content (AvgIpc) is 3.91. The fourth-order valence-corrected chi connectivity index (χ4v) is 13.1. The van der Waals surface area contributed by atoms with Crippen LogP contribution < -0.4 is 9.80 Å². The predicted molar refractivity (Wildman–Crippen MR) is 339 cm³/mol. The lowest BCUT2D eigenvalue weighted by Crippen LogP contribution is -2.19. The van der Waals surface area contributed by atoms with Crippen LogP contribution >= 0.6 is 0 Å². The van der Waals surface area contributed by atoms with Gasteiger partial charge in [-0.1, -0.05) is 237 Å². The molecular formula is C78H68N2. The molecule has 0 saturated carbocycles. The zero-order valence-corrected chi connectivity index (χ0v) is 47.3. The summed E-state index contributed by atoms with van der Waals surface area (Å²) >= 11 is 0. The third-order valence-corrected chi connectivity index (χ3v) is 18.1. The van der Waals surface area contributed by atoms with Gasteiger partial charge in [-0.05, 0) is 174 Å². The van der Waals surface area contributed by atoms with E-state index in [9.17, 15) is 0 Å². The van der Waals surface area contributed by atoms with Crippen LogP contribution in [0, 0.1) is 0 Å². The second-order valence-electron chi connectivity index (χ2n) is 24.2. The van der Waals surface area contributed by atoms with Crippen molar-refractivity contribution >= 4 is 34.1 Å². The Labute approximate surface area is 474 Å². The van der Waals surface area contributed by atoms with Gasteiger partial charge in [0.15, 0.2) is 0 Å². The second kappa shape index (κ2) is 19.4. The highest BCUT2D eigenvalue weighted by Crippen LogP contribution is 2.52. The van der Waals surface area contributed by atoms with E-state index in [0.29, 0.717) is 0 Å². The molecule has 0 radical (unpaired) electrons. The first-order valence-electron chi connectivity index (χ1n) is 28.4. The third-order valence-electron chi connectivity index (χ3n) is 18.1. The second-order valence-corrected chi connectivity index (χ2v) is 24.2. The maximum absolute atomic E-state index is 2.42. The van der Waals surface area contributed by atoms with Gasteiger partial charge in [0.25, 0.3) is 0 Å². The van der Waals surface area contributed by atoms with E-state index in [1.807, 2.05) is 0 Å². The molecule has 0 unspecified atom stereocenters. The summed E-state index contributed by atoms with van der Waals surface area (Å²) in [6.45, 7) is 18.7. The molecule has 11 aromatic rings. The smallest absolute Gasteiger partial charge is 0.0463 e. The zero-order valence-electron chi connectivity index (χ0n) is 47.3. The summed E-state index contributed by atoms with van der Waals surface area (Å²) in [5, 5.41) is 0. The van der Waals surface area contributed by atoms with E-state index in [4.69, 9.17) is 0 Å². The van der Waals surface area contributed by atoms with Gasteiger partial charge in [0.1, 0.15) is 0 Å². The summed E-state index contributed by atoms with van der Waals surface area (Å²) in [6, 6.07) is 99.2. The van der Waals surface area contributed by atoms with Crippen molar-refractivity contribution < 1.29 is 0 Å². The van der Waals surface area contributed by atoms with Crippen LogP contribution in [0.3, 0.4) is 0 Å². The molecule has 0 spiro atoms. The Kier molecular flexibility index (Phi) is 12.3. The minimum Gasteiger partial charge on any atom is -0.311 e. The number of rotatable bonds is 12. The maximum atomic E-state index is 2.42. The Bertz CT molecular complexity index is 3810. The van der Waals surface area contributed by atoms with Gasteiger partial charge < -0.3 is 9.80 Å². The van der Waals surface area contributed by atoms with Crippen molar-refractivity contribution in [1.29, 1.82) is 0 Å². The molecule has 0 saturated heterocycles. The highest BCUT2D eigenvalue weighted by atomic mass is 15.2. The zero-order chi connectivity index (χ0) is 55.0. The first-order valence-corrected chi connectivity index (χ1v) is 28.4. The molecule has 0 fully saturated rings. The average molecular weight is 1030 g/mol. The highest BCUT2D eigenvalue weighted by Gasteiger charge is 2.37. The van der Waals surface area contributed by atoms with Gasteiger partial charge in [0, 0.05) is 55.8 Å². The first kappa shape index (κ1) is 50.5. The van der Waals surface area contributed by atoms with Crippen molar-refractivity contribution in [2.75, 3.05) is 9.80 Å². The largest absolute Gasteiger partial charge is 0.311 e. The standard InChI is InChI=1S/C78H68N2/c1-75(2,57-19-11-9-12-20-57)59-33-41-63(42-34-59)80(64-43-35-60(36-44-64)76(3,4)58-21-13-10-14-22-58)66-47-45-65(46-48-66)79(61-37-27-53(28-38-61)55-31-49-69-67-23-15-17-25-71(67)77(5,6)73(69)51-55)62-39-29-54(30-40-62)56-32-50-70-68-24-16-18-26-72(68)78(7,8)74(70)52-56/h9-52H,1-8H3. The van der Waals surface area contributed by atoms with E-state index in [0.717, 1.165) is 34.1 Å². The molecule has 0 N–H and O–H groups in total. The Morgan fingerprint density at radius 1 is 0.237 bits per heavy atom. The van der Waals surface area contributed by atoms with E-state index < -0.39 is 0 Å². The quantitative estimate of drug-likeness (QED) is 0.120. The molecule has 13 rings (SSSR count). The van der Waals surface area contributed by atoms with Crippen LogP contribution in [-0.2, 0) is 21.7 Å². The molecule has 2 aliphatic carbocycles. The number of anilines is 6. The fourth-order valence-electron chi connectivity index (χ4n) is 13.1. The van der Waals surface area contributed by atoms with E-state index in [1.165, 1.54) is 89.0 Å². The van der Waals surface area contributed by atoms with Gasteiger partial charge in [0.2, 0.25) is 0 Å². The van der Waals surface area contributed by atoms with E-state index >= 15 is 0 Å². The SMILES string of the molecule is CC(C)(c1ccccc1)c1ccc(N(c2ccc(N(c3ccc(-c4ccc5c(c4)C(C)(C)c4ccccc4-5)cc3)c3ccc(-c4ccc5c(c4)C(C)(C)c4ccccc4-5)cc3)cc2)c2ccc(C(C)(C)c3ccccc3)cc2)cc1. The van der Waals surface area contributed by atoms with Crippen molar-refractivity contribution in [3.05, 3.63) is 311 Å². The Morgan fingerprint density at radius 2 is 0.487 bits per heavy atom. The van der Waals surface area contributed by atoms with E-state index in [-0.39, 0.29) is 21.7 Å². The van der Waals surface area contributed by atoms with Crippen LogP contribution in [0.1, 0.15) is 99.9 Å². The van der Waals surface area contributed by atoms with Crippen molar-refractivity contribution in [2.24, 2.45) is 0 Å². The fraction of sp³-hybridized carbons (Fsp3) is 0.154. The van der Waals surface area contributed by atoms with Crippen LogP contribution in [-0.4, -0.2) is 0 Å². The van der Waals surface area contributed by atoms with Gasteiger partial charge in [-0.3, -0.25) is 0 Å². The molecule has 2 aliphatic rings. The van der Waals surface area contributed by atoms with Gasteiger partial charge in [-0.2, -0.15) is 0 Å². The lowest BCUT2D eigenvalue weighted by Gasteiger charge is -2.31. The molecule has 0 bridgehead atoms. The van der Waals surface area contributed by atoms with Crippen LogP contribution in [0.5, 0.6) is 0 Å². The predicted octanol–water partition coefficient (Wildman–Crippen LogP) is 21.2. The summed E-state index contributed by atoms with van der Waals surface area (Å²) in [5.41, 5.74) is 27.0. The summed E-state index contributed by atoms with van der Waals surface area (Å²) in [6.07, 6.45) is 0. The summed E-state index contributed by atoms with van der Waals surface area (Å²) in [4.78, 5) is 4.79. The number of benzene rings is 11. The molecule has 390 valence electrons. The molecule has 2 heteroatoms. The van der Waals surface area contributed by atoms with Crippen LogP contribution in [0.15, 0.2) is 267 Å². The van der Waals surface area contributed by atoms with Gasteiger partial charge in [-0.25, -0.2) is 0 Å². The van der Waals surface area contributed by atoms with Gasteiger partial charge in [0.05, 0.1) is 0 Å². The van der Waals surface area contributed by atoms with Gasteiger partial charge >= 0.3 is 0 Å². The van der Waals surface area contributed by atoms with Gasteiger partial charge in [-0.15, -0.1) is 0 Å². The molecule has 80 heavy (non-hydrogen) atoms. The molecule has 0 atom stereocenters. The molecular weight excluding hydrogens is 965 g/mol. The Hall–Kier alpha value is -8.98. The van der Waals surface area contributed by atoms with E-state index in [2.05, 4.69) is 332 Å². The van der Waals surface area contributed by atoms with Crippen LogP contribution in [0.4, 0.5) is 34.1 Å². The van der Waals surface area contributed by atoms with Crippen LogP contribution in [0.25, 0.3) is 44.5 Å². The van der Waals surface area contributed by atoms with Crippen molar-refractivity contribution in [3.8, 4) is 44.5 Å². The topological polar surface area (TPSA) is 6.48 Å². The lowest BCUT2D eigenvalue weighted by atomic mass is 9.78. The first-order chi connectivity index (χ1) is 38.7. The van der Waals surface area contributed by atoms with Crippen LogP contribution in [0.2, 0.25) is 0 Å². The minimum absolute atomic E-state index is 0.0704. The van der Waals surface area contributed by atoms with Crippen molar-refractivity contribution in [2.45, 2.75) is 77.0 Å². The van der Waals surface area contributed by atoms with E-state index in [1.54, 1.807) is 0 Å². The lowest BCUT2D eigenvalue weighted by molar-refractivity contribution is 0.641. The highest BCUT2D eigenvalue weighted by molar-refractivity contribution is 5.87.